The number of likely N-dealkylation sites (tertiary alicyclic amines) is 1. The number of nitrogens with one attached hydrogen (secondary N) is 1. The fourth-order valence-corrected chi connectivity index (χ4v) is 3.82. The number of carbonyl (C=O) groups is 1. The molecule has 2 fully saturated rings. The Hall–Kier alpha value is -1.85. The average molecular weight is 326 g/mol. The summed E-state index contributed by atoms with van der Waals surface area (Å²) >= 11 is 0. The summed E-state index contributed by atoms with van der Waals surface area (Å²) in [5.74, 6) is 0.130. The van der Waals surface area contributed by atoms with E-state index in [9.17, 15) is 4.79 Å². The van der Waals surface area contributed by atoms with Gasteiger partial charge in [-0.1, -0.05) is 18.2 Å². The van der Waals surface area contributed by atoms with Crippen LogP contribution >= 0.6 is 0 Å². The van der Waals surface area contributed by atoms with Crippen molar-refractivity contribution in [3.8, 4) is 0 Å². The molecular weight excluding hydrogens is 300 g/mol. The van der Waals surface area contributed by atoms with Crippen molar-refractivity contribution in [3.05, 3.63) is 36.0 Å². The third kappa shape index (κ3) is 3.32. The summed E-state index contributed by atoms with van der Waals surface area (Å²) in [4.78, 5) is 23.0. The number of hydrogen-bond acceptors (Lipinski definition) is 3. The molecule has 1 aromatic heterocycles. The molecule has 5 nitrogen and oxygen atoms in total. The van der Waals surface area contributed by atoms with Crippen molar-refractivity contribution in [1.29, 1.82) is 0 Å². The van der Waals surface area contributed by atoms with Crippen molar-refractivity contribution in [2.24, 2.45) is 0 Å². The van der Waals surface area contributed by atoms with Crippen molar-refractivity contribution in [2.75, 3.05) is 52.4 Å². The highest BCUT2D eigenvalue weighted by atomic mass is 16.2. The van der Waals surface area contributed by atoms with Gasteiger partial charge in [-0.25, -0.2) is 0 Å². The van der Waals surface area contributed by atoms with Crippen LogP contribution in [-0.4, -0.2) is 77.9 Å². The Kier molecular flexibility index (Phi) is 4.54. The first-order chi connectivity index (χ1) is 11.8. The van der Waals surface area contributed by atoms with Gasteiger partial charge in [0.2, 0.25) is 0 Å². The van der Waals surface area contributed by atoms with Gasteiger partial charge in [0.05, 0.1) is 0 Å². The number of nitrogens with zero attached hydrogens (tertiary/aromatic N) is 3. The Morgan fingerprint density at radius 1 is 0.917 bits per heavy atom. The highest BCUT2D eigenvalue weighted by Gasteiger charge is 2.23. The summed E-state index contributed by atoms with van der Waals surface area (Å²) in [7, 11) is 0. The first-order valence-electron chi connectivity index (χ1n) is 9.11. The summed E-state index contributed by atoms with van der Waals surface area (Å²) < 4.78 is 0. The molecule has 24 heavy (non-hydrogen) atoms. The van der Waals surface area contributed by atoms with Gasteiger partial charge in [0.25, 0.3) is 5.91 Å². The van der Waals surface area contributed by atoms with Crippen LogP contribution in [0.4, 0.5) is 0 Å². The highest BCUT2D eigenvalue weighted by Crippen LogP contribution is 2.17. The number of hydrogen-bond donors (Lipinski definition) is 1. The SMILES string of the molecule is O=C(c1cc2ccccc2[nH]1)N1CCN(CCN2CCCC2)CC1. The molecule has 1 amide bonds. The Morgan fingerprint density at radius 2 is 1.58 bits per heavy atom. The van der Waals surface area contributed by atoms with Gasteiger partial charge in [-0.3, -0.25) is 9.69 Å². The maximum absolute atomic E-state index is 12.7. The minimum atomic E-state index is 0.130. The monoisotopic (exact) mass is 326 g/mol. The zero-order chi connectivity index (χ0) is 16.4. The first-order valence-corrected chi connectivity index (χ1v) is 9.11. The molecule has 5 heteroatoms. The molecule has 0 aliphatic carbocycles. The largest absolute Gasteiger partial charge is 0.351 e. The van der Waals surface area contributed by atoms with Gasteiger partial charge < -0.3 is 14.8 Å². The number of para-hydroxylation sites is 1. The maximum atomic E-state index is 12.7. The highest BCUT2D eigenvalue weighted by molar-refractivity contribution is 5.98. The van der Waals surface area contributed by atoms with Crippen LogP contribution in [0.3, 0.4) is 0 Å². The van der Waals surface area contributed by atoms with E-state index >= 15 is 0 Å². The number of piperazine rings is 1. The lowest BCUT2D eigenvalue weighted by atomic mass is 10.2. The number of aromatic nitrogens is 1. The normalized spacial score (nSPS) is 20.1. The molecule has 128 valence electrons. The Bertz CT molecular complexity index is 663. The van der Waals surface area contributed by atoms with E-state index in [4.69, 9.17) is 0 Å². The zero-order valence-corrected chi connectivity index (χ0v) is 14.2. The molecule has 0 atom stereocenters. The van der Waals surface area contributed by atoms with Crippen LogP contribution in [0.1, 0.15) is 23.3 Å². The van der Waals surface area contributed by atoms with Crippen LogP contribution in [0, 0.1) is 0 Å². The third-order valence-corrected chi connectivity index (χ3v) is 5.35. The fraction of sp³-hybridized carbons (Fsp3) is 0.526. The van der Waals surface area contributed by atoms with Gasteiger partial charge in [-0.05, 0) is 38.1 Å². The quantitative estimate of drug-likeness (QED) is 0.935. The molecular formula is C19H26N4O. The van der Waals surface area contributed by atoms with E-state index in [1.165, 1.54) is 32.5 Å². The standard InChI is InChI=1S/C19H26N4O/c24-19(18-15-16-5-1-2-6-17(16)20-18)23-13-11-22(12-14-23)10-9-21-7-3-4-8-21/h1-2,5-6,15,20H,3-4,7-14H2. The van der Waals surface area contributed by atoms with E-state index in [0.29, 0.717) is 5.69 Å². The van der Waals surface area contributed by atoms with Crippen LogP contribution < -0.4 is 0 Å². The molecule has 0 radical (unpaired) electrons. The van der Waals surface area contributed by atoms with Crippen molar-refractivity contribution in [3.63, 3.8) is 0 Å². The van der Waals surface area contributed by atoms with Crippen LogP contribution in [0.15, 0.2) is 30.3 Å². The van der Waals surface area contributed by atoms with E-state index in [1.807, 2.05) is 35.2 Å². The summed E-state index contributed by atoms with van der Waals surface area (Å²) in [6.07, 6.45) is 2.71. The number of aromatic amines is 1. The minimum Gasteiger partial charge on any atom is -0.351 e. The van der Waals surface area contributed by atoms with Gasteiger partial charge in [0.1, 0.15) is 5.69 Å². The summed E-state index contributed by atoms with van der Waals surface area (Å²) in [5, 5.41) is 1.10. The molecule has 3 heterocycles. The third-order valence-electron chi connectivity index (χ3n) is 5.35. The van der Waals surface area contributed by atoms with Gasteiger partial charge in [-0.2, -0.15) is 0 Å². The van der Waals surface area contributed by atoms with Crippen LogP contribution in [0.5, 0.6) is 0 Å². The number of carbonyl (C=O) groups excluding carboxylic acids is 1. The van der Waals surface area contributed by atoms with Crippen LogP contribution in [0.25, 0.3) is 10.9 Å². The molecule has 2 aliphatic rings. The lowest BCUT2D eigenvalue weighted by Crippen LogP contribution is -2.50. The zero-order valence-electron chi connectivity index (χ0n) is 14.2. The van der Waals surface area contributed by atoms with Crippen LogP contribution in [-0.2, 0) is 0 Å². The van der Waals surface area contributed by atoms with Gasteiger partial charge in [-0.15, -0.1) is 0 Å². The predicted molar refractivity (Wildman–Crippen MR) is 96.3 cm³/mol. The smallest absolute Gasteiger partial charge is 0.270 e. The molecule has 2 aliphatic heterocycles. The number of rotatable bonds is 4. The molecule has 0 spiro atoms. The second-order valence-electron chi connectivity index (χ2n) is 6.95. The first kappa shape index (κ1) is 15.7. The Balaban J connectivity index is 1.30. The molecule has 0 bridgehead atoms. The number of fused-ring (bicyclic) bond motifs is 1. The molecule has 1 N–H and O–H groups in total. The number of amides is 1. The Morgan fingerprint density at radius 3 is 2.29 bits per heavy atom. The molecule has 0 unspecified atom stereocenters. The number of benzene rings is 1. The van der Waals surface area contributed by atoms with E-state index < -0.39 is 0 Å². The van der Waals surface area contributed by atoms with E-state index in [1.54, 1.807) is 0 Å². The van der Waals surface area contributed by atoms with Gasteiger partial charge in [0.15, 0.2) is 0 Å². The van der Waals surface area contributed by atoms with E-state index in [2.05, 4.69) is 14.8 Å². The molecule has 2 aromatic rings. The summed E-state index contributed by atoms with van der Waals surface area (Å²) in [5.41, 5.74) is 1.74. The van der Waals surface area contributed by atoms with Crippen molar-refractivity contribution in [2.45, 2.75) is 12.8 Å². The fourth-order valence-electron chi connectivity index (χ4n) is 3.82. The van der Waals surface area contributed by atoms with Crippen molar-refractivity contribution in [1.82, 2.24) is 19.7 Å². The topological polar surface area (TPSA) is 42.6 Å². The molecule has 2 saturated heterocycles. The van der Waals surface area contributed by atoms with E-state index in [0.717, 1.165) is 43.6 Å². The average Bonchev–Trinajstić information content (AvgIpc) is 3.29. The second-order valence-corrected chi connectivity index (χ2v) is 6.95. The predicted octanol–water partition coefficient (Wildman–Crippen LogP) is 2.02. The molecule has 1 aromatic carbocycles. The van der Waals surface area contributed by atoms with Crippen LogP contribution in [0.2, 0.25) is 0 Å². The lowest BCUT2D eigenvalue weighted by molar-refractivity contribution is 0.0622. The van der Waals surface area contributed by atoms with Crippen molar-refractivity contribution < 1.29 is 4.79 Å². The van der Waals surface area contributed by atoms with Gasteiger partial charge >= 0.3 is 0 Å². The van der Waals surface area contributed by atoms with E-state index in [-0.39, 0.29) is 5.91 Å². The summed E-state index contributed by atoms with van der Waals surface area (Å²) in [6, 6.07) is 10.0. The van der Waals surface area contributed by atoms with Gasteiger partial charge in [0, 0.05) is 50.2 Å². The maximum Gasteiger partial charge on any atom is 0.270 e. The molecule has 4 rings (SSSR count). The van der Waals surface area contributed by atoms with Crippen molar-refractivity contribution >= 4 is 16.8 Å². The Labute approximate surface area is 143 Å². The summed E-state index contributed by atoms with van der Waals surface area (Å²) in [6.45, 7) is 8.46. The molecule has 0 saturated carbocycles. The minimum absolute atomic E-state index is 0.130. The second kappa shape index (κ2) is 6.95. The lowest BCUT2D eigenvalue weighted by Gasteiger charge is -2.35. The number of H-pyrrole nitrogens is 1.